The second kappa shape index (κ2) is 2.81. The highest BCUT2D eigenvalue weighted by Gasteiger charge is 2.30. The lowest BCUT2D eigenvalue weighted by Gasteiger charge is -2.32. The number of hydrogen-bond acceptors (Lipinski definition) is 2. The molecule has 0 atom stereocenters. The van der Waals surface area contributed by atoms with Crippen LogP contribution in [0.15, 0.2) is 0 Å². The van der Waals surface area contributed by atoms with Gasteiger partial charge in [0.2, 0.25) is 6.41 Å². The lowest BCUT2D eigenvalue weighted by Crippen LogP contribution is -2.46. The summed E-state index contributed by atoms with van der Waals surface area (Å²) in [5, 5.41) is 0. The van der Waals surface area contributed by atoms with Gasteiger partial charge in [0.25, 0.3) is 0 Å². The van der Waals surface area contributed by atoms with Crippen LogP contribution in [0.5, 0.6) is 0 Å². The van der Waals surface area contributed by atoms with Gasteiger partial charge in [-0.3, -0.25) is 9.69 Å². The van der Waals surface area contributed by atoms with Gasteiger partial charge in [-0.25, -0.2) is 0 Å². The summed E-state index contributed by atoms with van der Waals surface area (Å²) < 4.78 is 0. The fraction of sp³-hybridized carbons (Fsp3) is 0.875. The Balaban J connectivity index is 1.79. The molecule has 2 rings (SSSR count). The van der Waals surface area contributed by atoms with E-state index in [2.05, 4.69) is 4.90 Å². The summed E-state index contributed by atoms with van der Waals surface area (Å²) in [6, 6.07) is 0.865. The molecule has 1 aliphatic heterocycles. The first kappa shape index (κ1) is 7.10. The van der Waals surface area contributed by atoms with Crippen molar-refractivity contribution in [1.29, 1.82) is 0 Å². The largest absolute Gasteiger partial charge is 0.343 e. The molecule has 0 spiro atoms. The Kier molecular flexibility index (Phi) is 1.82. The summed E-state index contributed by atoms with van der Waals surface area (Å²) in [6.45, 7) is 4.03. The fourth-order valence-corrected chi connectivity index (χ4v) is 1.65. The van der Waals surface area contributed by atoms with Crippen LogP contribution in [0.25, 0.3) is 0 Å². The Morgan fingerprint density at radius 1 is 1.09 bits per heavy atom. The second-order valence-corrected chi connectivity index (χ2v) is 3.41. The Morgan fingerprint density at radius 2 is 1.73 bits per heavy atom. The minimum absolute atomic E-state index is 0.865. The first-order valence-corrected chi connectivity index (χ1v) is 4.33. The summed E-state index contributed by atoms with van der Waals surface area (Å²) in [4.78, 5) is 14.7. The van der Waals surface area contributed by atoms with Crippen molar-refractivity contribution in [2.45, 2.75) is 18.9 Å². The van der Waals surface area contributed by atoms with Gasteiger partial charge in [0.15, 0.2) is 0 Å². The molecule has 1 saturated heterocycles. The molecule has 0 radical (unpaired) electrons. The van der Waals surface area contributed by atoms with Gasteiger partial charge >= 0.3 is 0 Å². The normalized spacial score (nSPS) is 27.1. The van der Waals surface area contributed by atoms with Crippen molar-refractivity contribution in [1.82, 2.24) is 9.80 Å². The van der Waals surface area contributed by atoms with Gasteiger partial charge in [-0.15, -0.1) is 0 Å². The molecule has 0 bridgehead atoms. The van der Waals surface area contributed by atoms with Gasteiger partial charge < -0.3 is 4.90 Å². The van der Waals surface area contributed by atoms with Crippen molar-refractivity contribution in [2.24, 2.45) is 0 Å². The number of piperazine rings is 1. The minimum atomic E-state index is 0.865. The van der Waals surface area contributed by atoms with Gasteiger partial charge in [-0.1, -0.05) is 0 Å². The van der Waals surface area contributed by atoms with E-state index in [0.717, 1.165) is 38.6 Å². The zero-order valence-corrected chi connectivity index (χ0v) is 6.70. The highest BCUT2D eigenvalue weighted by molar-refractivity contribution is 5.47. The molecule has 1 amide bonds. The van der Waals surface area contributed by atoms with E-state index in [0.29, 0.717) is 0 Å². The molecule has 11 heavy (non-hydrogen) atoms. The molecular formula is C8H14N2O. The van der Waals surface area contributed by atoms with Crippen molar-refractivity contribution >= 4 is 6.41 Å². The van der Waals surface area contributed by atoms with Crippen LogP contribution < -0.4 is 0 Å². The van der Waals surface area contributed by atoms with Crippen molar-refractivity contribution in [3.63, 3.8) is 0 Å². The quantitative estimate of drug-likeness (QED) is 0.519. The molecule has 0 N–H and O–H groups in total. The zero-order valence-electron chi connectivity index (χ0n) is 6.70. The summed E-state index contributed by atoms with van der Waals surface area (Å²) in [5.41, 5.74) is 0. The fourth-order valence-electron chi connectivity index (χ4n) is 1.65. The number of rotatable bonds is 2. The minimum Gasteiger partial charge on any atom is -0.343 e. The molecule has 2 fully saturated rings. The van der Waals surface area contributed by atoms with E-state index in [1.807, 2.05) is 4.90 Å². The van der Waals surface area contributed by atoms with E-state index in [9.17, 15) is 4.79 Å². The van der Waals surface area contributed by atoms with Crippen molar-refractivity contribution in [3.05, 3.63) is 0 Å². The van der Waals surface area contributed by atoms with Gasteiger partial charge in [0, 0.05) is 32.2 Å². The number of carbonyl (C=O) groups excluding carboxylic acids is 1. The summed E-state index contributed by atoms with van der Waals surface area (Å²) in [7, 11) is 0. The SMILES string of the molecule is O=CN1CCN(C2CC2)CC1. The third-order valence-corrected chi connectivity index (χ3v) is 2.56. The van der Waals surface area contributed by atoms with Crippen LogP contribution in [0.1, 0.15) is 12.8 Å². The molecule has 0 aromatic rings. The zero-order chi connectivity index (χ0) is 7.68. The third-order valence-electron chi connectivity index (χ3n) is 2.56. The molecule has 1 heterocycles. The first-order chi connectivity index (χ1) is 5.40. The third kappa shape index (κ3) is 1.53. The van der Waals surface area contributed by atoms with Crippen molar-refractivity contribution in [2.75, 3.05) is 26.2 Å². The highest BCUT2D eigenvalue weighted by atomic mass is 16.1. The molecule has 0 aromatic carbocycles. The van der Waals surface area contributed by atoms with Crippen LogP contribution in [0.4, 0.5) is 0 Å². The van der Waals surface area contributed by atoms with Crippen molar-refractivity contribution in [3.8, 4) is 0 Å². The Morgan fingerprint density at radius 3 is 2.18 bits per heavy atom. The van der Waals surface area contributed by atoms with Crippen molar-refractivity contribution < 1.29 is 4.79 Å². The van der Waals surface area contributed by atoms with E-state index in [1.54, 1.807) is 0 Å². The first-order valence-electron chi connectivity index (χ1n) is 4.33. The average Bonchev–Trinajstić information content (AvgIpc) is 2.87. The lowest BCUT2D eigenvalue weighted by atomic mass is 10.3. The Labute approximate surface area is 67.0 Å². The van der Waals surface area contributed by atoms with Gasteiger partial charge in [0.05, 0.1) is 0 Å². The Bertz CT molecular complexity index is 148. The van der Waals surface area contributed by atoms with Gasteiger partial charge in [-0.05, 0) is 12.8 Å². The molecule has 2 aliphatic rings. The van der Waals surface area contributed by atoms with Crippen LogP contribution in [0.3, 0.4) is 0 Å². The molecule has 0 unspecified atom stereocenters. The number of carbonyl (C=O) groups is 1. The molecule has 62 valence electrons. The Hall–Kier alpha value is -0.570. The smallest absolute Gasteiger partial charge is 0.209 e. The summed E-state index contributed by atoms with van der Waals surface area (Å²) in [5.74, 6) is 0. The summed E-state index contributed by atoms with van der Waals surface area (Å²) >= 11 is 0. The maximum atomic E-state index is 10.4. The molecule has 0 aromatic heterocycles. The average molecular weight is 154 g/mol. The maximum absolute atomic E-state index is 10.4. The molecule has 3 nitrogen and oxygen atoms in total. The molecular weight excluding hydrogens is 140 g/mol. The second-order valence-electron chi connectivity index (χ2n) is 3.41. The number of hydrogen-bond donors (Lipinski definition) is 0. The predicted molar refractivity (Wildman–Crippen MR) is 42.2 cm³/mol. The van der Waals surface area contributed by atoms with Gasteiger partial charge in [-0.2, -0.15) is 0 Å². The molecule has 1 aliphatic carbocycles. The number of amides is 1. The van der Waals surface area contributed by atoms with Crippen LogP contribution in [-0.2, 0) is 4.79 Å². The van der Waals surface area contributed by atoms with E-state index in [4.69, 9.17) is 0 Å². The van der Waals surface area contributed by atoms with E-state index < -0.39 is 0 Å². The summed E-state index contributed by atoms with van der Waals surface area (Å²) in [6.07, 6.45) is 3.71. The maximum Gasteiger partial charge on any atom is 0.209 e. The highest BCUT2D eigenvalue weighted by Crippen LogP contribution is 2.27. The van der Waals surface area contributed by atoms with Crippen LogP contribution in [0, 0.1) is 0 Å². The monoisotopic (exact) mass is 154 g/mol. The topological polar surface area (TPSA) is 23.6 Å². The lowest BCUT2D eigenvalue weighted by molar-refractivity contribution is -0.119. The van der Waals surface area contributed by atoms with Crippen LogP contribution in [0.2, 0.25) is 0 Å². The molecule has 3 heteroatoms. The number of nitrogens with zero attached hydrogens (tertiary/aromatic N) is 2. The van der Waals surface area contributed by atoms with E-state index >= 15 is 0 Å². The predicted octanol–water partition coefficient (Wildman–Crippen LogP) is -0.0772. The molecule has 1 saturated carbocycles. The van der Waals surface area contributed by atoms with Gasteiger partial charge in [0.1, 0.15) is 0 Å². The van der Waals surface area contributed by atoms with Crippen LogP contribution >= 0.6 is 0 Å². The standard InChI is InChI=1S/C8H14N2O/c11-7-9-3-5-10(6-4-9)8-1-2-8/h7-8H,1-6H2. The van der Waals surface area contributed by atoms with Crippen LogP contribution in [-0.4, -0.2) is 48.4 Å². The van der Waals surface area contributed by atoms with E-state index in [1.165, 1.54) is 12.8 Å². The van der Waals surface area contributed by atoms with E-state index in [-0.39, 0.29) is 0 Å².